The van der Waals surface area contributed by atoms with Crippen LogP contribution < -0.4 is 5.73 Å². The van der Waals surface area contributed by atoms with Crippen molar-refractivity contribution < 1.29 is 4.74 Å². The molecule has 2 heterocycles. The van der Waals surface area contributed by atoms with Gasteiger partial charge in [-0.1, -0.05) is 13.8 Å². The van der Waals surface area contributed by atoms with E-state index < -0.39 is 0 Å². The van der Waals surface area contributed by atoms with Crippen LogP contribution in [0.3, 0.4) is 0 Å². The molecular formula is C14H28N2O. The first kappa shape index (κ1) is 13.3. The first-order valence-corrected chi connectivity index (χ1v) is 7.10. The van der Waals surface area contributed by atoms with Crippen LogP contribution in [0.4, 0.5) is 0 Å². The van der Waals surface area contributed by atoms with Crippen LogP contribution in [0.5, 0.6) is 0 Å². The van der Waals surface area contributed by atoms with Crippen LogP contribution in [0.15, 0.2) is 0 Å². The van der Waals surface area contributed by atoms with E-state index in [2.05, 4.69) is 25.7 Å². The van der Waals surface area contributed by atoms with E-state index in [9.17, 15) is 0 Å². The minimum Gasteiger partial charge on any atom is -0.381 e. The molecule has 2 saturated heterocycles. The standard InChI is InChI=1S/C14H28N2O/c1-11(2)12-4-6-16(8-12)14(3,10-15)13-5-7-17-9-13/h11-13H,4-10,15H2,1-3H3. The quantitative estimate of drug-likeness (QED) is 0.813. The molecule has 0 spiro atoms. The Hall–Kier alpha value is -0.120. The number of hydrogen-bond donors (Lipinski definition) is 1. The molecule has 0 aromatic rings. The molecule has 0 saturated carbocycles. The van der Waals surface area contributed by atoms with Crippen molar-refractivity contribution in [3.05, 3.63) is 0 Å². The number of likely N-dealkylation sites (tertiary alicyclic amines) is 1. The summed E-state index contributed by atoms with van der Waals surface area (Å²) >= 11 is 0. The van der Waals surface area contributed by atoms with Crippen molar-refractivity contribution in [3.63, 3.8) is 0 Å². The Bertz CT molecular complexity index is 251. The van der Waals surface area contributed by atoms with Gasteiger partial charge in [0.1, 0.15) is 0 Å². The number of ether oxygens (including phenoxy) is 1. The van der Waals surface area contributed by atoms with Crippen LogP contribution in [0, 0.1) is 17.8 Å². The molecule has 3 unspecified atom stereocenters. The minimum atomic E-state index is 0.153. The summed E-state index contributed by atoms with van der Waals surface area (Å²) in [5.41, 5.74) is 6.24. The molecule has 3 nitrogen and oxygen atoms in total. The molecule has 0 radical (unpaired) electrons. The fourth-order valence-electron chi connectivity index (χ4n) is 3.37. The minimum absolute atomic E-state index is 0.153. The highest BCUT2D eigenvalue weighted by molar-refractivity contribution is 4.98. The summed E-state index contributed by atoms with van der Waals surface area (Å²) in [6.45, 7) is 12.0. The molecule has 0 bridgehead atoms. The van der Waals surface area contributed by atoms with Crippen molar-refractivity contribution in [2.45, 2.75) is 39.2 Å². The van der Waals surface area contributed by atoms with Gasteiger partial charge in [0.25, 0.3) is 0 Å². The smallest absolute Gasteiger partial charge is 0.0513 e. The van der Waals surface area contributed by atoms with Crippen molar-refractivity contribution in [2.24, 2.45) is 23.5 Å². The van der Waals surface area contributed by atoms with Crippen LogP contribution in [-0.4, -0.2) is 43.3 Å². The van der Waals surface area contributed by atoms with E-state index in [1.165, 1.54) is 25.9 Å². The van der Waals surface area contributed by atoms with Crippen molar-refractivity contribution in [1.29, 1.82) is 0 Å². The highest BCUT2D eigenvalue weighted by Crippen LogP contribution is 2.36. The lowest BCUT2D eigenvalue weighted by molar-refractivity contribution is 0.0602. The van der Waals surface area contributed by atoms with Gasteiger partial charge in [0.15, 0.2) is 0 Å². The number of nitrogens with two attached hydrogens (primary N) is 1. The second kappa shape index (κ2) is 5.25. The Morgan fingerprint density at radius 3 is 2.65 bits per heavy atom. The Morgan fingerprint density at radius 1 is 1.41 bits per heavy atom. The average Bonchev–Trinajstić information content (AvgIpc) is 2.98. The van der Waals surface area contributed by atoms with Gasteiger partial charge in [-0.2, -0.15) is 0 Å². The third-order valence-corrected chi connectivity index (χ3v) is 5.11. The van der Waals surface area contributed by atoms with Crippen LogP contribution in [-0.2, 0) is 4.74 Å². The zero-order valence-corrected chi connectivity index (χ0v) is 11.6. The van der Waals surface area contributed by atoms with Gasteiger partial charge in [0.2, 0.25) is 0 Å². The Morgan fingerprint density at radius 2 is 2.18 bits per heavy atom. The van der Waals surface area contributed by atoms with Gasteiger partial charge in [-0.15, -0.1) is 0 Å². The molecular weight excluding hydrogens is 212 g/mol. The lowest BCUT2D eigenvalue weighted by Crippen LogP contribution is -2.56. The number of hydrogen-bond acceptors (Lipinski definition) is 3. The van der Waals surface area contributed by atoms with E-state index in [1.807, 2.05) is 0 Å². The summed E-state index contributed by atoms with van der Waals surface area (Å²) in [6.07, 6.45) is 2.51. The van der Waals surface area contributed by atoms with Gasteiger partial charge in [0, 0.05) is 31.2 Å². The third kappa shape index (κ3) is 2.51. The van der Waals surface area contributed by atoms with Gasteiger partial charge in [-0.3, -0.25) is 4.90 Å². The molecule has 0 aromatic heterocycles. The molecule has 0 aliphatic carbocycles. The Labute approximate surface area is 106 Å². The van der Waals surface area contributed by atoms with Gasteiger partial charge in [-0.05, 0) is 38.1 Å². The molecule has 100 valence electrons. The van der Waals surface area contributed by atoms with E-state index in [1.54, 1.807) is 0 Å². The third-order valence-electron chi connectivity index (χ3n) is 5.11. The SMILES string of the molecule is CC(C)C1CCN(C(C)(CN)C2CCOC2)C1. The zero-order valence-electron chi connectivity index (χ0n) is 11.6. The summed E-state index contributed by atoms with van der Waals surface area (Å²) in [6, 6.07) is 0. The van der Waals surface area contributed by atoms with Crippen LogP contribution in [0.1, 0.15) is 33.6 Å². The van der Waals surface area contributed by atoms with Crippen LogP contribution in [0.25, 0.3) is 0 Å². The molecule has 2 aliphatic rings. The normalized spacial score (nSPS) is 34.4. The fourth-order valence-corrected chi connectivity index (χ4v) is 3.37. The second-order valence-corrected chi connectivity index (χ2v) is 6.36. The summed E-state index contributed by atoms with van der Waals surface area (Å²) in [4.78, 5) is 2.64. The van der Waals surface area contributed by atoms with E-state index in [0.29, 0.717) is 5.92 Å². The van der Waals surface area contributed by atoms with Gasteiger partial charge < -0.3 is 10.5 Å². The maximum atomic E-state index is 6.09. The fraction of sp³-hybridized carbons (Fsp3) is 1.00. The molecule has 17 heavy (non-hydrogen) atoms. The number of rotatable bonds is 4. The monoisotopic (exact) mass is 240 g/mol. The first-order chi connectivity index (χ1) is 8.08. The molecule has 0 amide bonds. The molecule has 2 rings (SSSR count). The molecule has 2 fully saturated rings. The van der Waals surface area contributed by atoms with Gasteiger partial charge in [0.05, 0.1) is 6.61 Å². The summed E-state index contributed by atoms with van der Waals surface area (Å²) in [5.74, 6) is 2.27. The zero-order chi connectivity index (χ0) is 12.5. The lowest BCUT2D eigenvalue weighted by Gasteiger charge is -2.42. The molecule has 2 aliphatic heterocycles. The Kier molecular flexibility index (Phi) is 4.11. The van der Waals surface area contributed by atoms with E-state index >= 15 is 0 Å². The topological polar surface area (TPSA) is 38.5 Å². The van der Waals surface area contributed by atoms with E-state index in [-0.39, 0.29) is 5.54 Å². The lowest BCUT2D eigenvalue weighted by atomic mass is 9.83. The highest BCUT2D eigenvalue weighted by Gasteiger charge is 2.43. The molecule has 0 aromatic carbocycles. The first-order valence-electron chi connectivity index (χ1n) is 7.10. The molecule has 2 N–H and O–H groups in total. The van der Waals surface area contributed by atoms with Gasteiger partial charge in [-0.25, -0.2) is 0 Å². The maximum Gasteiger partial charge on any atom is 0.0513 e. The van der Waals surface area contributed by atoms with E-state index in [0.717, 1.165) is 31.6 Å². The van der Waals surface area contributed by atoms with Crippen LogP contribution >= 0.6 is 0 Å². The molecule has 3 atom stereocenters. The van der Waals surface area contributed by atoms with Gasteiger partial charge >= 0.3 is 0 Å². The van der Waals surface area contributed by atoms with Crippen LogP contribution in [0.2, 0.25) is 0 Å². The highest BCUT2D eigenvalue weighted by atomic mass is 16.5. The predicted octanol–water partition coefficient (Wildman–Crippen LogP) is 1.72. The maximum absolute atomic E-state index is 6.09. The summed E-state index contributed by atoms with van der Waals surface area (Å²) in [7, 11) is 0. The van der Waals surface area contributed by atoms with Crippen molar-refractivity contribution in [1.82, 2.24) is 4.90 Å². The predicted molar refractivity (Wildman–Crippen MR) is 70.9 cm³/mol. The molecule has 3 heteroatoms. The summed E-state index contributed by atoms with van der Waals surface area (Å²) in [5, 5.41) is 0. The van der Waals surface area contributed by atoms with E-state index in [4.69, 9.17) is 10.5 Å². The average molecular weight is 240 g/mol. The van der Waals surface area contributed by atoms with Crippen molar-refractivity contribution in [3.8, 4) is 0 Å². The summed E-state index contributed by atoms with van der Waals surface area (Å²) < 4.78 is 5.56. The number of nitrogens with zero attached hydrogens (tertiary/aromatic N) is 1. The van der Waals surface area contributed by atoms with Crippen molar-refractivity contribution in [2.75, 3.05) is 32.8 Å². The van der Waals surface area contributed by atoms with Crippen molar-refractivity contribution >= 4 is 0 Å². The largest absolute Gasteiger partial charge is 0.381 e. The Balaban J connectivity index is 2.03. The second-order valence-electron chi connectivity index (χ2n) is 6.36.